The van der Waals surface area contributed by atoms with E-state index in [9.17, 15) is 8.42 Å². The highest BCUT2D eigenvalue weighted by atomic mass is 32.2. The van der Waals surface area contributed by atoms with Gasteiger partial charge in [-0.2, -0.15) is 4.31 Å². The number of aryl methyl sites for hydroxylation is 2. The summed E-state index contributed by atoms with van der Waals surface area (Å²) in [6, 6.07) is 11.4. The fourth-order valence-electron chi connectivity index (χ4n) is 1.74. The van der Waals surface area contributed by atoms with Gasteiger partial charge in [0, 0.05) is 18.5 Å². The SMILES string of the molecule is Cc1ccc(CN(C)S(=O)(=O)c2ccc(C)s2)cc1. The highest BCUT2D eigenvalue weighted by Crippen LogP contribution is 2.24. The van der Waals surface area contributed by atoms with Crippen LogP contribution in [0.3, 0.4) is 0 Å². The minimum atomic E-state index is -3.37. The molecule has 1 heterocycles. The molecule has 0 fully saturated rings. The Hall–Kier alpha value is -1.17. The largest absolute Gasteiger partial charge is 0.252 e. The van der Waals surface area contributed by atoms with E-state index < -0.39 is 10.0 Å². The first kappa shape index (κ1) is 14.2. The zero-order valence-corrected chi connectivity index (χ0v) is 12.9. The van der Waals surface area contributed by atoms with Crippen LogP contribution in [0.1, 0.15) is 16.0 Å². The maximum atomic E-state index is 12.4. The predicted octanol–water partition coefficient (Wildman–Crippen LogP) is 3.19. The number of nitrogens with zero attached hydrogens (tertiary/aromatic N) is 1. The Morgan fingerprint density at radius 2 is 1.68 bits per heavy atom. The lowest BCUT2D eigenvalue weighted by Gasteiger charge is -2.16. The molecule has 0 spiro atoms. The van der Waals surface area contributed by atoms with Crippen LogP contribution in [0.5, 0.6) is 0 Å². The lowest BCUT2D eigenvalue weighted by Crippen LogP contribution is -2.25. The van der Waals surface area contributed by atoms with Gasteiger partial charge >= 0.3 is 0 Å². The van der Waals surface area contributed by atoms with Gasteiger partial charge in [-0.1, -0.05) is 29.8 Å². The Kier molecular flexibility index (Phi) is 4.08. The van der Waals surface area contributed by atoms with Crippen LogP contribution in [0.15, 0.2) is 40.6 Å². The van der Waals surface area contributed by atoms with Crippen LogP contribution in [0, 0.1) is 13.8 Å². The maximum absolute atomic E-state index is 12.4. The average molecular weight is 295 g/mol. The van der Waals surface area contributed by atoms with Crippen molar-refractivity contribution in [1.82, 2.24) is 4.31 Å². The molecule has 102 valence electrons. The Bertz CT molecular complexity index is 657. The molecule has 0 N–H and O–H groups in total. The van der Waals surface area contributed by atoms with Crippen molar-refractivity contribution in [1.29, 1.82) is 0 Å². The standard InChI is InChI=1S/C14H17NO2S2/c1-11-4-7-13(8-5-11)10-15(3)19(16,17)14-9-6-12(2)18-14/h4-9H,10H2,1-3H3. The molecule has 0 unspecified atom stereocenters. The first-order valence-corrected chi connectivity index (χ1v) is 8.23. The summed E-state index contributed by atoms with van der Waals surface area (Å²) < 4.78 is 26.5. The van der Waals surface area contributed by atoms with Crippen molar-refractivity contribution >= 4 is 21.4 Å². The number of sulfonamides is 1. The third kappa shape index (κ3) is 3.23. The van der Waals surface area contributed by atoms with Gasteiger partial charge in [0.15, 0.2) is 0 Å². The van der Waals surface area contributed by atoms with E-state index in [-0.39, 0.29) is 0 Å². The molecular weight excluding hydrogens is 278 g/mol. The summed E-state index contributed by atoms with van der Waals surface area (Å²) in [5.41, 5.74) is 2.16. The minimum absolute atomic E-state index is 0.388. The predicted molar refractivity (Wildman–Crippen MR) is 78.9 cm³/mol. The number of thiophene rings is 1. The van der Waals surface area contributed by atoms with Crippen LogP contribution in [-0.4, -0.2) is 19.8 Å². The molecule has 1 aromatic heterocycles. The van der Waals surface area contributed by atoms with Gasteiger partial charge in [0.05, 0.1) is 0 Å². The molecule has 2 rings (SSSR count). The van der Waals surface area contributed by atoms with Crippen LogP contribution < -0.4 is 0 Å². The zero-order valence-electron chi connectivity index (χ0n) is 11.3. The van der Waals surface area contributed by atoms with Gasteiger partial charge < -0.3 is 0 Å². The molecule has 3 nitrogen and oxygen atoms in total. The zero-order chi connectivity index (χ0) is 14.0. The van der Waals surface area contributed by atoms with Crippen molar-refractivity contribution in [3.8, 4) is 0 Å². The molecule has 0 saturated heterocycles. The summed E-state index contributed by atoms with van der Waals surface area (Å²) >= 11 is 1.31. The second-order valence-corrected chi connectivity index (χ2v) is 8.17. The average Bonchev–Trinajstić information content (AvgIpc) is 2.79. The lowest BCUT2D eigenvalue weighted by atomic mass is 10.1. The minimum Gasteiger partial charge on any atom is -0.206 e. The fraction of sp³-hybridized carbons (Fsp3) is 0.286. The van der Waals surface area contributed by atoms with E-state index in [1.165, 1.54) is 21.2 Å². The van der Waals surface area contributed by atoms with Crippen LogP contribution in [0.4, 0.5) is 0 Å². The smallest absolute Gasteiger partial charge is 0.206 e. The van der Waals surface area contributed by atoms with Gasteiger partial charge in [-0.15, -0.1) is 11.3 Å². The molecular formula is C14H17NO2S2. The number of rotatable bonds is 4. The van der Waals surface area contributed by atoms with Crippen LogP contribution in [0.25, 0.3) is 0 Å². The van der Waals surface area contributed by atoms with Gasteiger partial charge in [0.2, 0.25) is 0 Å². The molecule has 0 aliphatic heterocycles. The summed E-state index contributed by atoms with van der Waals surface area (Å²) in [7, 11) is -1.76. The summed E-state index contributed by atoms with van der Waals surface area (Å²) in [4.78, 5) is 1.00. The topological polar surface area (TPSA) is 37.4 Å². The molecule has 0 saturated carbocycles. The van der Waals surface area contributed by atoms with Crippen molar-refractivity contribution in [3.63, 3.8) is 0 Å². The van der Waals surface area contributed by atoms with Crippen molar-refractivity contribution in [2.45, 2.75) is 24.6 Å². The molecule has 1 aromatic carbocycles. The molecule has 0 bridgehead atoms. The van der Waals surface area contributed by atoms with Gasteiger partial charge in [0.1, 0.15) is 4.21 Å². The molecule has 19 heavy (non-hydrogen) atoms. The number of hydrogen-bond donors (Lipinski definition) is 0. The highest BCUT2D eigenvalue weighted by Gasteiger charge is 2.22. The van der Waals surface area contributed by atoms with Gasteiger partial charge in [-0.3, -0.25) is 0 Å². The van der Waals surface area contributed by atoms with Crippen LogP contribution in [-0.2, 0) is 16.6 Å². The Balaban J connectivity index is 2.19. The summed E-state index contributed by atoms with van der Waals surface area (Å²) in [6.07, 6.45) is 0. The van der Waals surface area contributed by atoms with Gasteiger partial charge in [0.25, 0.3) is 10.0 Å². The molecule has 0 amide bonds. The quantitative estimate of drug-likeness (QED) is 0.868. The molecule has 5 heteroatoms. The molecule has 2 aromatic rings. The molecule has 0 radical (unpaired) electrons. The van der Waals surface area contributed by atoms with E-state index in [0.29, 0.717) is 10.8 Å². The fourth-order valence-corrected chi connectivity index (χ4v) is 4.39. The summed E-state index contributed by atoms with van der Waals surface area (Å²) in [5.74, 6) is 0. The van der Waals surface area contributed by atoms with E-state index in [2.05, 4.69) is 0 Å². The first-order chi connectivity index (χ1) is 8.89. The third-order valence-corrected chi connectivity index (χ3v) is 6.18. The summed E-state index contributed by atoms with van der Waals surface area (Å²) in [5, 5.41) is 0. The second kappa shape index (κ2) is 5.45. The normalized spacial score (nSPS) is 12.0. The Morgan fingerprint density at radius 1 is 1.05 bits per heavy atom. The Labute approximate surface area is 118 Å². The lowest BCUT2D eigenvalue weighted by molar-refractivity contribution is 0.468. The van der Waals surface area contributed by atoms with E-state index in [1.54, 1.807) is 13.1 Å². The van der Waals surface area contributed by atoms with Gasteiger partial charge in [-0.05, 0) is 31.5 Å². The van der Waals surface area contributed by atoms with Gasteiger partial charge in [-0.25, -0.2) is 8.42 Å². The maximum Gasteiger partial charge on any atom is 0.252 e. The van der Waals surface area contributed by atoms with Crippen molar-refractivity contribution in [2.24, 2.45) is 0 Å². The third-order valence-electron chi connectivity index (χ3n) is 2.91. The van der Waals surface area contributed by atoms with Crippen LogP contribution >= 0.6 is 11.3 Å². The first-order valence-electron chi connectivity index (χ1n) is 5.98. The highest BCUT2D eigenvalue weighted by molar-refractivity contribution is 7.91. The van der Waals surface area contributed by atoms with E-state index in [0.717, 1.165) is 10.4 Å². The Morgan fingerprint density at radius 3 is 2.21 bits per heavy atom. The second-order valence-electron chi connectivity index (χ2n) is 4.61. The van der Waals surface area contributed by atoms with E-state index >= 15 is 0 Å². The molecule has 0 atom stereocenters. The van der Waals surface area contributed by atoms with Crippen molar-refractivity contribution in [2.75, 3.05) is 7.05 Å². The van der Waals surface area contributed by atoms with Crippen molar-refractivity contribution in [3.05, 3.63) is 52.4 Å². The van der Waals surface area contributed by atoms with Crippen molar-refractivity contribution < 1.29 is 8.42 Å². The van der Waals surface area contributed by atoms with E-state index in [4.69, 9.17) is 0 Å². The van der Waals surface area contributed by atoms with Crippen LogP contribution in [0.2, 0.25) is 0 Å². The number of benzene rings is 1. The molecule has 0 aliphatic rings. The number of hydrogen-bond acceptors (Lipinski definition) is 3. The molecule has 0 aliphatic carbocycles. The summed E-state index contributed by atoms with van der Waals surface area (Å²) in [6.45, 7) is 4.31. The van der Waals surface area contributed by atoms with E-state index in [1.807, 2.05) is 44.2 Å². The monoisotopic (exact) mass is 295 g/mol.